The SMILES string of the molecule is c1cc(-c2cncnc2)cc(-c2ncc(-c3cnc(-c4cccc(-c5cncnc5)c4)nc3)cn2)c1.c1cc(-c2cncnc2)cc(-c2nccc(-c3ccnc(-c4cccc(-c5cncnc5)c4)n3)n2)c1.c1ccc(-c2cccc(-c3cc(-c4cccc(-c5cncnc5)c4)nc(-c4nc(-c5cccc(-c6ccccc6)c5)cc(-c5cccc(-c6cncnc6)c5)n4)n3)c2)cc1. The van der Waals surface area contributed by atoms with Crippen molar-refractivity contribution in [3.63, 3.8) is 0 Å². The molecule has 24 heteroatoms. The van der Waals surface area contributed by atoms with Gasteiger partial charge < -0.3 is 0 Å². The topological polar surface area (TPSA) is 309 Å². The molecule has 0 spiro atoms. The summed E-state index contributed by atoms with van der Waals surface area (Å²) in [6, 6.07) is 93.8. The number of hydrogen-bond acceptors (Lipinski definition) is 24. The molecule has 0 radical (unpaired) electrons. The maximum Gasteiger partial charge on any atom is 0.198 e. The highest BCUT2D eigenvalue weighted by atomic mass is 15.0. The molecule has 0 aliphatic rings. The first kappa shape index (κ1) is 81.5. The minimum atomic E-state index is 0.399. The van der Waals surface area contributed by atoms with Crippen LogP contribution in [-0.2, 0) is 0 Å². The van der Waals surface area contributed by atoms with Gasteiger partial charge in [-0.05, 0) is 128 Å². The molecule has 132 heavy (non-hydrogen) atoms. The Morgan fingerprint density at radius 3 is 0.553 bits per heavy atom. The molecule has 12 aromatic heterocycles. The minimum absolute atomic E-state index is 0.399. The van der Waals surface area contributed by atoms with Crippen LogP contribution >= 0.6 is 0 Å². The summed E-state index contributed by atoms with van der Waals surface area (Å²) in [6.45, 7) is 0. The molecule has 12 heterocycles. The first-order valence-electron chi connectivity index (χ1n) is 41.9. The highest BCUT2D eigenvalue weighted by Gasteiger charge is 2.21. The lowest BCUT2D eigenvalue weighted by atomic mass is 9.99. The minimum Gasteiger partial charge on any atom is -0.244 e. The molecule has 0 saturated heterocycles. The molecular weight excluding hydrogens is 1630 g/mol. The third-order valence-corrected chi connectivity index (χ3v) is 21.6. The van der Waals surface area contributed by atoms with Crippen molar-refractivity contribution in [3.8, 4) is 214 Å². The molecule has 0 N–H and O–H groups in total. The highest BCUT2D eigenvalue weighted by molar-refractivity contribution is 5.83. The Kier molecular flexibility index (Phi) is 23.9. The molecule has 0 bridgehead atoms. The number of nitrogens with zero attached hydrogens (tertiary/aromatic N) is 24. The zero-order chi connectivity index (χ0) is 88.4. The van der Waals surface area contributed by atoms with Crippen LogP contribution in [0.3, 0.4) is 0 Å². The average Bonchev–Trinajstić information content (AvgIpc) is 0.765. The number of benzene rings is 10. The molecule has 0 amide bonds. The van der Waals surface area contributed by atoms with Crippen molar-refractivity contribution in [3.05, 3.63) is 429 Å². The second kappa shape index (κ2) is 38.7. The summed E-state index contributed by atoms with van der Waals surface area (Å²) in [7, 11) is 0. The van der Waals surface area contributed by atoms with Gasteiger partial charge in [0, 0.05) is 201 Å². The van der Waals surface area contributed by atoms with Crippen molar-refractivity contribution in [1.82, 2.24) is 120 Å². The van der Waals surface area contributed by atoms with Crippen LogP contribution in [0.15, 0.2) is 429 Å². The van der Waals surface area contributed by atoms with Crippen LogP contribution < -0.4 is 0 Å². The van der Waals surface area contributed by atoms with Gasteiger partial charge in [0.1, 0.15) is 38.0 Å². The maximum absolute atomic E-state index is 5.24. The van der Waals surface area contributed by atoms with Crippen LogP contribution in [0.4, 0.5) is 0 Å². The van der Waals surface area contributed by atoms with Crippen molar-refractivity contribution in [2.45, 2.75) is 0 Å². The fourth-order valence-corrected chi connectivity index (χ4v) is 15.0. The van der Waals surface area contributed by atoms with Gasteiger partial charge in [0.2, 0.25) is 0 Å². The lowest BCUT2D eigenvalue weighted by molar-refractivity contribution is 1.09. The molecule has 0 fully saturated rings. The van der Waals surface area contributed by atoms with Crippen LogP contribution in [0, 0.1) is 0 Å². The maximum atomic E-state index is 5.24. The Hall–Kier alpha value is -18.8. The summed E-state index contributed by atoms with van der Waals surface area (Å²) in [5.41, 5.74) is 29.3. The highest BCUT2D eigenvalue weighted by Crippen LogP contribution is 2.38. The van der Waals surface area contributed by atoms with E-state index in [9.17, 15) is 0 Å². The standard InChI is InChI=1S/C52H34N8.2C28H18N8/c1-3-11-35(12-4-1)37-15-7-19-41(23-37)47-27-49(43-21-9-17-39(25-43)45-29-53-33-54-30-45)59-51(57-47)52-58-48(42-20-8-16-38(24-42)36-13-5-2-6-14-36)28-50(60-52)44-22-10-18-40(26-44)46-31-55-34-56-32-46;1-3-19(23-9-29-17-30-10-23)7-21(5-1)27-33-13-25(14-34-27)26-15-35-28(36-16-26)22-6-2-4-20(8-22)24-11-31-18-32-12-24;1-3-19(23-13-29-17-30-14-23)11-21(5-1)27-33-9-7-25(35-27)26-8-10-34-28(36-26)22-6-2-4-20(12-22)24-15-31-18-32-16-24/h1-34H;2*1-18H. The monoisotopic (exact) mass is 1700 g/mol. The Morgan fingerprint density at radius 1 is 0.114 bits per heavy atom. The normalized spacial score (nSPS) is 10.9. The summed E-state index contributed by atoms with van der Waals surface area (Å²) in [5, 5.41) is 0. The van der Waals surface area contributed by atoms with E-state index < -0.39 is 0 Å². The summed E-state index contributed by atoms with van der Waals surface area (Å²) in [5.74, 6) is 3.29. The van der Waals surface area contributed by atoms with E-state index in [1.807, 2.05) is 183 Å². The van der Waals surface area contributed by atoms with E-state index in [0.29, 0.717) is 46.3 Å². The quantitative estimate of drug-likeness (QED) is 0.0726. The van der Waals surface area contributed by atoms with Crippen LogP contribution in [-0.4, -0.2) is 120 Å². The van der Waals surface area contributed by atoms with E-state index in [1.165, 1.54) is 38.0 Å². The molecule has 0 atom stereocenters. The molecule has 24 nitrogen and oxygen atoms in total. The fourth-order valence-electron chi connectivity index (χ4n) is 15.0. The third kappa shape index (κ3) is 19.2. The Morgan fingerprint density at radius 2 is 0.303 bits per heavy atom. The average molecular weight is 1700 g/mol. The Balaban J connectivity index is 0.000000130. The van der Waals surface area contributed by atoms with Crippen LogP contribution in [0.1, 0.15) is 0 Å². The van der Waals surface area contributed by atoms with Gasteiger partial charge in [-0.25, -0.2) is 120 Å². The van der Waals surface area contributed by atoms with Crippen molar-refractivity contribution in [1.29, 1.82) is 0 Å². The first-order valence-corrected chi connectivity index (χ1v) is 41.9. The molecular formula is C108H70N24. The molecule has 0 aliphatic carbocycles. The summed E-state index contributed by atoms with van der Waals surface area (Å²) >= 11 is 0. The Bertz CT molecular complexity index is 7080. The zero-order valence-corrected chi connectivity index (χ0v) is 70.1. The predicted molar refractivity (Wildman–Crippen MR) is 510 cm³/mol. The van der Waals surface area contributed by atoms with E-state index in [0.717, 1.165) is 167 Å². The second-order valence-corrected chi connectivity index (χ2v) is 30.2. The van der Waals surface area contributed by atoms with Gasteiger partial charge in [-0.2, -0.15) is 0 Å². The second-order valence-electron chi connectivity index (χ2n) is 30.2. The van der Waals surface area contributed by atoms with E-state index in [2.05, 4.69) is 211 Å². The van der Waals surface area contributed by atoms with Crippen molar-refractivity contribution in [2.24, 2.45) is 0 Å². The van der Waals surface area contributed by atoms with E-state index in [-0.39, 0.29) is 0 Å². The van der Waals surface area contributed by atoms with Crippen LogP contribution in [0.25, 0.3) is 214 Å². The van der Waals surface area contributed by atoms with E-state index >= 15 is 0 Å². The predicted octanol–water partition coefficient (Wildman–Crippen LogP) is 22.2. The Labute approximate surface area is 757 Å². The van der Waals surface area contributed by atoms with Gasteiger partial charge in [0.25, 0.3) is 0 Å². The number of aromatic nitrogens is 24. The summed E-state index contributed by atoms with van der Waals surface area (Å²) in [6.07, 6.45) is 41.3. The van der Waals surface area contributed by atoms with Crippen LogP contribution in [0.5, 0.6) is 0 Å². The van der Waals surface area contributed by atoms with Crippen molar-refractivity contribution < 1.29 is 0 Å². The fraction of sp³-hybridized carbons (Fsp3) is 0. The van der Waals surface area contributed by atoms with Gasteiger partial charge in [0.15, 0.2) is 34.9 Å². The smallest absolute Gasteiger partial charge is 0.198 e. The van der Waals surface area contributed by atoms with Gasteiger partial charge in [0.05, 0.1) is 34.2 Å². The van der Waals surface area contributed by atoms with Gasteiger partial charge in [-0.1, -0.05) is 206 Å². The molecule has 622 valence electrons. The molecule has 0 aliphatic heterocycles. The van der Waals surface area contributed by atoms with Crippen LogP contribution in [0.2, 0.25) is 0 Å². The van der Waals surface area contributed by atoms with Crippen molar-refractivity contribution >= 4 is 0 Å². The molecule has 0 unspecified atom stereocenters. The molecule has 22 aromatic rings. The summed E-state index contributed by atoms with van der Waals surface area (Å²) in [4.78, 5) is 108. The third-order valence-electron chi connectivity index (χ3n) is 21.6. The van der Waals surface area contributed by atoms with E-state index in [4.69, 9.17) is 29.9 Å². The van der Waals surface area contributed by atoms with Crippen molar-refractivity contribution in [2.75, 3.05) is 0 Å². The molecule has 10 aromatic carbocycles. The number of hydrogen-bond donors (Lipinski definition) is 0. The van der Waals surface area contributed by atoms with Gasteiger partial charge in [-0.15, -0.1) is 0 Å². The van der Waals surface area contributed by atoms with Gasteiger partial charge >= 0.3 is 0 Å². The van der Waals surface area contributed by atoms with Gasteiger partial charge in [-0.3, -0.25) is 0 Å². The van der Waals surface area contributed by atoms with E-state index in [1.54, 1.807) is 86.8 Å². The molecule has 0 saturated carbocycles. The number of rotatable bonds is 19. The largest absolute Gasteiger partial charge is 0.244 e. The molecule has 22 rings (SSSR count). The lowest BCUT2D eigenvalue weighted by Crippen LogP contribution is -2.02. The zero-order valence-electron chi connectivity index (χ0n) is 70.1. The summed E-state index contributed by atoms with van der Waals surface area (Å²) < 4.78 is 0. The first-order chi connectivity index (χ1) is 65.4. The lowest BCUT2D eigenvalue weighted by Gasteiger charge is -2.13.